The first-order chi connectivity index (χ1) is 10.5. The maximum absolute atomic E-state index is 11.8. The van der Waals surface area contributed by atoms with Crippen LogP contribution in [-0.2, 0) is 14.3 Å². The maximum Gasteiger partial charge on any atom is 0.309 e. The van der Waals surface area contributed by atoms with Crippen LogP contribution in [-0.4, -0.2) is 18.5 Å². The molecule has 0 radical (unpaired) electrons. The minimum atomic E-state index is -0.486. The highest BCUT2D eigenvalue weighted by Crippen LogP contribution is 2.32. The lowest BCUT2D eigenvalue weighted by atomic mass is 9.95. The molecule has 1 N–H and O–H groups in total. The zero-order valence-corrected chi connectivity index (χ0v) is 13.8. The molecule has 0 aromatic heterocycles. The number of esters is 1. The smallest absolute Gasteiger partial charge is 0.309 e. The van der Waals surface area contributed by atoms with E-state index < -0.39 is 5.91 Å². The van der Waals surface area contributed by atoms with E-state index in [4.69, 9.17) is 39.5 Å². The SMILES string of the molecule is O=C(COC(=O)[C@@H]1CC=CCC1)Nc1cc(Cl)c(Cl)cc1Cl. The Balaban J connectivity index is 1.86. The second-order valence-electron chi connectivity index (χ2n) is 4.88. The van der Waals surface area contributed by atoms with Crippen molar-refractivity contribution in [1.29, 1.82) is 0 Å². The van der Waals surface area contributed by atoms with Gasteiger partial charge in [-0.3, -0.25) is 9.59 Å². The third-order valence-electron chi connectivity index (χ3n) is 3.23. The highest BCUT2D eigenvalue weighted by molar-refractivity contribution is 6.44. The first-order valence-electron chi connectivity index (χ1n) is 6.73. The zero-order chi connectivity index (χ0) is 16.1. The summed E-state index contributed by atoms with van der Waals surface area (Å²) >= 11 is 17.6. The van der Waals surface area contributed by atoms with Crippen LogP contribution in [0.25, 0.3) is 0 Å². The number of ether oxygens (including phenoxy) is 1. The van der Waals surface area contributed by atoms with Gasteiger partial charge in [0.1, 0.15) is 0 Å². The van der Waals surface area contributed by atoms with E-state index >= 15 is 0 Å². The summed E-state index contributed by atoms with van der Waals surface area (Å²) in [5.74, 6) is -1.02. The van der Waals surface area contributed by atoms with E-state index in [1.165, 1.54) is 12.1 Å². The van der Waals surface area contributed by atoms with Crippen molar-refractivity contribution in [3.05, 3.63) is 39.4 Å². The van der Waals surface area contributed by atoms with Gasteiger partial charge in [0, 0.05) is 0 Å². The number of hydrogen-bond donors (Lipinski definition) is 1. The van der Waals surface area contributed by atoms with Crippen LogP contribution in [0.1, 0.15) is 19.3 Å². The summed E-state index contributed by atoms with van der Waals surface area (Å²) in [5.41, 5.74) is 0.317. The Morgan fingerprint density at radius 3 is 2.55 bits per heavy atom. The fraction of sp³-hybridized carbons (Fsp3) is 0.333. The highest BCUT2D eigenvalue weighted by atomic mass is 35.5. The van der Waals surface area contributed by atoms with Crippen LogP contribution in [0, 0.1) is 5.92 Å². The Hall–Kier alpha value is -1.23. The minimum Gasteiger partial charge on any atom is -0.455 e. The van der Waals surface area contributed by atoms with Gasteiger partial charge in [-0.05, 0) is 31.4 Å². The van der Waals surface area contributed by atoms with Crippen LogP contribution in [0.2, 0.25) is 15.1 Å². The van der Waals surface area contributed by atoms with Gasteiger partial charge < -0.3 is 10.1 Å². The van der Waals surface area contributed by atoms with Crippen LogP contribution >= 0.6 is 34.8 Å². The third kappa shape index (κ3) is 4.63. The molecule has 0 fully saturated rings. The lowest BCUT2D eigenvalue weighted by Crippen LogP contribution is -2.25. The molecular weight excluding hydrogens is 349 g/mol. The molecule has 1 aliphatic rings. The number of amides is 1. The molecule has 1 amide bonds. The van der Waals surface area contributed by atoms with E-state index in [9.17, 15) is 9.59 Å². The van der Waals surface area contributed by atoms with Crippen molar-refractivity contribution < 1.29 is 14.3 Å². The average Bonchev–Trinajstić information content (AvgIpc) is 2.51. The van der Waals surface area contributed by atoms with Gasteiger partial charge in [-0.15, -0.1) is 0 Å². The number of rotatable bonds is 4. The van der Waals surface area contributed by atoms with Gasteiger partial charge in [-0.1, -0.05) is 47.0 Å². The van der Waals surface area contributed by atoms with Gasteiger partial charge in [0.05, 0.1) is 26.7 Å². The van der Waals surface area contributed by atoms with E-state index in [1.807, 2.05) is 12.2 Å². The molecule has 2 rings (SSSR count). The monoisotopic (exact) mass is 361 g/mol. The van der Waals surface area contributed by atoms with Crippen molar-refractivity contribution in [3.63, 3.8) is 0 Å². The first kappa shape index (κ1) is 17.1. The van der Waals surface area contributed by atoms with Gasteiger partial charge in [-0.2, -0.15) is 0 Å². The lowest BCUT2D eigenvalue weighted by molar-refractivity contribution is -0.151. The molecule has 0 saturated heterocycles. The Labute approximate surface area is 143 Å². The van der Waals surface area contributed by atoms with Gasteiger partial charge >= 0.3 is 5.97 Å². The molecular formula is C15H14Cl3NO3. The van der Waals surface area contributed by atoms with E-state index in [0.717, 1.165) is 12.8 Å². The number of halogens is 3. The Morgan fingerprint density at radius 2 is 1.86 bits per heavy atom. The summed E-state index contributed by atoms with van der Waals surface area (Å²) in [7, 11) is 0. The molecule has 0 saturated carbocycles. The van der Waals surface area contributed by atoms with Crippen LogP contribution in [0.15, 0.2) is 24.3 Å². The van der Waals surface area contributed by atoms with Crippen LogP contribution in [0.5, 0.6) is 0 Å². The van der Waals surface area contributed by atoms with Gasteiger partial charge in [-0.25, -0.2) is 0 Å². The second-order valence-corrected chi connectivity index (χ2v) is 6.11. The summed E-state index contributed by atoms with van der Waals surface area (Å²) in [4.78, 5) is 23.6. The average molecular weight is 363 g/mol. The number of carbonyl (C=O) groups excluding carboxylic acids is 2. The summed E-state index contributed by atoms with van der Waals surface area (Å²) in [6.45, 7) is -0.365. The molecule has 1 aliphatic carbocycles. The van der Waals surface area contributed by atoms with Crippen molar-refractivity contribution in [3.8, 4) is 0 Å². The molecule has 4 nitrogen and oxygen atoms in total. The number of nitrogens with one attached hydrogen (secondary N) is 1. The Kier molecular flexibility index (Phi) is 6.12. The van der Waals surface area contributed by atoms with Gasteiger partial charge in [0.2, 0.25) is 0 Å². The number of carbonyl (C=O) groups is 2. The molecule has 0 heterocycles. The first-order valence-corrected chi connectivity index (χ1v) is 7.87. The van der Waals surface area contributed by atoms with Gasteiger partial charge in [0.15, 0.2) is 6.61 Å². The van der Waals surface area contributed by atoms with Crippen molar-refractivity contribution >= 4 is 52.4 Å². The van der Waals surface area contributed by atoms with Crippen LogP contribution in [0.4, 0.5) is 5.69 Å². The summed E-state index contributed by atoms with van der Waals surface area (Å²) in [5, 5.41) is 3.35. The number of benzene rings is 1. The summed E-state index contributed by atoms with van der Waals surface area (Å²) in [6.07, 6.45) is 6.23. The van der Waals surface area contributed by atoms with Crippen molar-refractivity contribution in [2.45, 2.75) is 19.3 Å². The molecule has 7 heteroatoms. The number of hydrogen-bond acceptors (Lipinski definition) is 3. The normalized spacial score (nSPS) is 17.1. The highest BCUT2D eigenvalue weighted by Gasteiger charge is 2.21. The van der Waals surface area contributed by atoms with Crippen LogP contribution in [0.3, 0.4) is 0 Å². The molecule has 0 spiro atoms. The summed E-state index contributed by atoms with van der Waals surface area (Å²) < 4.78 is 5.02. The van der Waals surface area contributed by atoms with Crippen molar-refractivity contribution in [1.82, 2.24) is 0 Å². The summed E-state index contributed by atoms with van der Waals surface area (Å²) in [6, 6.07) is 2.87. The topological polar surface area (TPSA) is 55.4 Å². The largest absolute Gasteiger partial charge is 0.455 e. The maximum atomic E-state index is 11.8. The van der Waals surface area contributed by atoms with E-state index in [-0.39, 0.29) is 28.5 Å². The molecule has 22 heavy (non-hydrogen) atoms. The molecule has 1 aromatic rings. The molecule has 0 bridgehead atoms. The molecule has 0 aliphatic heterocycles. The lowest BCUT2D eigenvalue weighted by Gasteiger charge is -2.16. The minimum absolute atomic E-state index is 0.175. The number of anilines is 1. The second kappa shape index (κ2) is 7.86. The predicted octanol–water partition coefficient (Wildman–Crippen LogP) is 4.48. The molecule has 0 unspecified atom stereocenters. The quantitative estimate of drug-likeness (QED) is 0.488. The van der Waals surface area contributed by atoms with Crippen molar-refractivity contribution in [2.75, 3.05) is 11.9 Å². The van der Waals surface area contributed by atoms with E-state index in [1.54, 1.807) is 0 Å². The molecule has 118 valence electrons. The predicted molar refractivity (Wildman–Crippen MR) is 87.5 cm³/mol. The standard InChI is InChI=1S/C15H14Cl3NO3/c16-10-6-12(18)13(7-11(10)17)19-14(20)8-22-15(21)9-4-2-1-3-5-9/h1-2,6-7,9H,3-5,8H2,(H,19,20)/t9-/m1/s1. The fourth-order valence-electron chi connectivity index (χ4n) is 2.07. The molecule has 1 atom stereocenters. The zero-order valence-electron chi connectivity index (χ0n) is 11.6. The van der Waals surface area contributed by atoms with E-state index in [0.29, 0.717) is 17.1 Å². The van der Waals surface area contributed by atoms with E-state index in [2.05, 4.69) is 5.32 Å². The number of allylic oxidation sites excluding steroid dienone is 2. The third-order valence-corrected chi connectivity index (χ3v) is 4.27. The fourth-order valence-corrected chi connectivity index (χ4v) is 2.66. The van der Waals surface area contributed by atoms with Crippen molar-refractivity contribution in [2.24, 2.45) is 5.92 Å². The Bertz CT molecular complexity index is 616. The van der Waals surface area contributed by atoms with Gasteiger partial charge in [0.25, 0.3) is 5.91 Å². The Morgan fingerprint density at radius 1 is 1.14 bits per heavy atom. The molecule has 1 aromatic carbocycles. The van der Waals surface area contributed by atoms with Crippen LogP contribution < -0.4 is 5.32 Å².